The van der Waals surface area contributed by atoms with Gasteiger partial charge in [0.15, 0.2) is 0 Å². The monoisotopic (exact) mass is 443 g/mol. The molecule has 156 valence electrons. The number of hydrogen-bond donors (Lipinski definition) is 1. The van der Waals surface area contributed by atoms with Crippen LogP contribution in [0.2, 0.25) is 5.02 Å². The Balaban J connectivity index is 1.35. The van der Waals surface area contributed by atoms with Gasteiger partial charge in [0.1, 0.15) is 0 Å². The lowest BCUT2D eigenvalue weighted by Gasteiger charge is -2.33. The Hall–Kier alpha value is -2.45. The Morgan fingerprint density at radius 3 is 2.30 bits per heavy atom. The molecular formula is C22H22ClN3O3S. The number of halogens is 1. The van der Waals surface area contributed by atoms with Crippen LogP contribution in [-0.2, 0) is 14.8 Å². The van der Waals surface area contributed by atoms with Crippen LogP contribution >= 0.6 is 11.6 Å². The van der Waals surface area contributed by atoms with Gasteiger partial charge in [-0.15, -0.1) is 0 Å². The summed E-state index contributed by atoms with van der Waals surface area (Å²) in [6.45, 7) is 1.89. The summed E-state index contributed by atoms with van der Waals surface area (Å²) < 4.78 is 27.0. The van der Waals surface area contributed by atoms with Gasteiger partial charge in [-0.1, -0.05) is 48.0 Å². The van der Waals surface area contributed by atoms with E-state index in [1.54, 1.807) is 12.1 Å². The fourth-order valence-electron chi connectivity index (χ4n) is 3.61. The molecule has 0 spiro atoms. The third kappa shape index (κ3) is 4.49. The molecule has 4 rings (SSSR count). The Kier molecular flexibility index (Phi) is 6.06. The van der Waals surface area contributed by atoms with Crippen molar-refractivity contribution < 1.29 is 13.2 Å². The molecule has 0 atom stereocenters. The van der Waals surface area contributed by atoms with Crippen molar-refractivity contribution in [3.05, 3.63) is 71.8 Å². The molecule has 0 aromatic heterocycles. The predicted molar refractivity (Wildman–Crippen MR) is 119 cm³/mol. The summed E-state index contributed by atoms with van der Waals surface area (Å²) in [6, 6.07) is 19.9. The molecule has 3 aromatic rings. The number of benzene rings is 3. The van der Waals surface area contributed by atoms with E-state index in [9.17, 15) is 13.2 Å². The number of carbonyl (C=O) groups is 1. The first kappa shape index (κ1) is 20.8. The highest BCUT2D eigenvalue weighted by Gasteiger charge is 2.29. The smallest absolute Gasteiger partial charge is 0.243 e. The van der Waals surface area contributed by atoms with Gasteiger partial charge in [-0.2, -0.15) is 4.31 Å². The van der Waals surface area contributed by atoms with Crippen LogP contribution in [0, 0.1) is 0 Å². The van der Waals surface area contributed by atoms with E-state index in [1.807, 2.05) is 47.4 Å². The van der Waals surface area contributed by atoms with Gasteiger partial charge in [0.05, 0.1) is 11.4 Å². The van der Waals surface area contributed by atoms with E-state index in [0.717, 1.165) is 16.5 Å². The molecule has 0 aliphatic carbocycles. The zero-order valence-electron chi connectivity index (χ0n) is 16.3. The van der Waals surface area contributed by atoms with Crippen molar-refractivity contribution in [2.45, 2.75) is 4.90 Å². The lowest BCUT2D eigenvalue weighted by atomic mass is 10.1. The molecule has 0 unspecified atom stereocenters. The van der Waals surface area contributed by atoms with Crippen molar-refractivity contribution >= 4 is 44.0 Å². The number of anilines is 1. The zero-order valence-corrected chi connectivity index (χ0v) is 17.9. The second kappa shape index (κ2) is 8.73. The highest BCUT2D eigenvalue weighted by Crippen LogP contribution is 2.23. The Morgan fingerprint density at radius 2 is 1.57 bits per heavy atom. The number of carbonyl (C=O) groups excluding carboxylic acids is 1. The number of nitrogens with zero attached hydrogens (tertiary/aromatic N) is 2. The maximum absolute atomic E-state index is 12.8. The minimum Gasteiger partial charge on any atom is -0.324 e. The molecule has 0 saturated carbocycles. The third-order valence-corrected chi connectivity index (χ3v) is 7.38. The summed E-state index contributed by atoms with van der Waals surface area (Å²) in [5.41, 5.74) is 0.780. The molecular weight excluding hydrogens is 422 g/mol. The van der Waals surface area contributed by atoms with Gasteiger partial charge in [0.2, 0.25) is 15.9 Å². The molecule has 1 saturated heterocycles. The van der Waals surface area contributed by atoms with E-state index in [-0.39, 0.29) is 17.3 Å². The van der Waals surface area contributed by atoms with E-state index in [1.165, 1.54) is 16.4 Å². The van der Waals surface area contributed by atoms with Crippen molar-refractivity contribution in [3.8, 4) is 0 Å². The molecule has 30 heavy (non-hydrogen) atoms. The molecule has 1 aliphatic rings. The quantitative estimate of drug-likeness (QED) is 0.655. The van der Waals surface area contributed by atoms with Crippen LogP contribution in [0.25, 0.3) is 10.8 Å². The van der Waals surface area contributed by atoms with Gasteiger partial charge in [0, 0.05) is 42.3 Å². The number of sulfonamides is 1. The summed E-state index contributed by atoms with van der Waals surface area (Å²) in [6.07, 6.45) is 0. The first-order chi connectivity index (χ1) is 14.4. The maximum Gasteiger partial charge on any atom is 0.243 e. The topological polar surface area (TPSA) is 69.7 Å². The number of hydrogen-bond acceptors (Lipinski definition) is 4. The number of piperazine rings is 1. The average Bonchev–Trinajstić information content (AvgIpc) is 2.75. The molecule has 1 N–H and O–H groups in total. The predicted octanol–water partition coefficient (Wildman–Crippen LogP) is 3.44. The second-order valence-electron chi connectivity index (χ2n) is 7.21. The highest BCUT2D eigenvalue weighted by molar-refractivity contribution is 7.89. The van der Waals surface area contributed by atoms with Gasteiger partial charge in [-0.25, -0.2) is 8.42 Å². The minimum absolute atomic E-state index is 0.111. The van der Waals surface area contributed by atoms with Crippen molar-refractivity contribution in [1.29, 1.82) is 0 Å². The van der Waals surface area contributed by atoms with Gasteiger partial charge in [-0.05, 0) is 35.7 Å². The lowest BCUT2D eigenvalue weighted by molar-refractivity contribution is -0.117. The number of amides is 1. The molecule has 8 heteroatoms. The minimum atomic E-state index is -3.56. The van der Waals surface area contributed by atoms with Gasteiger partial charge in [-0.3, -0.25) is 9.69 Å². The van der Waals surface area contributed by atoms with E-state index in [4.69, 9.17) is 11.6 Å². The number of fused-ring (bicyclic) bond motifs is 1. The van der Waals surface area contributed by atoms with Crippen LogP contribution in [-0.4, -0.2) is 56.3 Å². The van der Waals surface area contributed by atoms with Crippen LogP contribution in [0.3, 0.4) is 0 Å². The molecule has 6 nitrogen and oxygen atoms in total. The SMILES string of the molecule is O=C(CN1CCN(S(=O)(=O)c2ccc(Cl)cc2)CC1)Nc1cccc2ccccc12. The van der Waals surface area contributed by atoms with E-state index in [0.29, 0.717) is 31.2 Å². The zero-order chi connectivity index (χ0) is 21.1. The Bertz CT molecular complexity index is 1150. The highest BCUT2D eigenvalue weighted by atomic mass is 35.5. The first-order valence-corrected chi connectivity index (χ1v) is 11.5. The van der Waals surface area contributed by atoms with Gasteiger partial charge < -0.3 is 5.32 Å². The largest absolute Gasteiger partial charge is 0.324 e. The van der Waals surface area contributed by atoms with E-state index >= 15 is 0 Å². The normalized spacial score (nSPS) is 15.9. The van der Waals surface area contributed by atoms with Crippen LogP contribution in [0.1, 0.15) is 0 Å². The van der Waals surface area contributed by atoms with Crippen LogP contribution in [0.15, 0.2) is 71.6 Å². The van der Waals surface area contributed by atoms with Crippen molar-refractivity contribution in [2.75, 3.05) is 38.0 Å². The summed E-state index contributed by atoms with van der Waals surface area (Å²) in [7, 11) is -3.56. The lowest BCUT2D eigenvalue weighted by Crippen LogP contribution is -2.50. The average molecular weight is 444 g/mol. The Morgan fingerprint density at radius 1 is 0.900 bits per heavy atom. The van der Waals surface area contributed by atoms with Crippen LogP contribution in [0.4, 0.5) is 5.69 Å². The molecule has 1 fully saturated rings. The second-order valence-corrected chi connectivity index (χ2v) is 9.58. The Labute approximate surface area is 181 Å². The van der Waals surface area contributed by atoms with Crippen molar-refractivity contribution in [1.82, 2.24) is 9.21 Å². The number of rotatable bonds is 5. The van der Waals surface area contributed by atoms with Gasteiger partial charge in [0.25, 0.3) is 0 Å². The van der Waals surface area contributed by atoms with Crippen LogP contribution < -0.4 is 5.32 Å². The number of nitrogens with one attached hydrogen (secondary N) is 1. The third-order valence-electron chi connectivity index (χ3n) is 5.21. The summed E-state index contributed by atoms with van der Waals surface area (Å²) in [4.78, 5) is 14.8. The maximum atomic E-state index is 12.8. The summed E-state index contributed by atoms with van der Waals surface area (Å²) >= 11 is 5.85. The summed E-state index contributed by atoms with van der Waals surface area (Å²) in [5, 5.41) is 5.53. The molecule has 1 aliphatic heterocycles. The van der Waals surface area contributed by atoms with Gasteiger partial charge >= 0.3 is 0 Å². The fourth-order valence-corrected chi connectivity index (χ4v) is 5.16. The standard InChI is InChI=1S/C22H22ClN3O3S/c23-18-8-10-19(11-9-18)30(28,29)26-14-12-25(13-15-26)16-22(27)24-21-7-3-5-17-4-1-2-6-20(17)21/h1-11H,12-16H2,(H,24,27). The van der Waals surface area contributed by atoms with E-state index < -0.39 is 10.0 Å². The molecule has 0 radical (unpaired) electrons. The molecule has 0 bridgehead atoms. The molecule has 1 amide bonds. The van der Waals surface area contributed by atoms with Crippen molar-refractivity contribution in [2.24, 2.45) is 0 Å². The van der Waals surface area contributed by atoms with E-state index in [2.05, 4.69) is 5.32 Å². The summed E-state index contributed by atoms with van der Waals surface area (Å²) in [5.74, 6) is -0.111. The molecule has 3 aromatic carbocycles. The molecule has 1 heterocycles. The van der Waals surface area contributed by atoms with Crippen LogP contribution in [0.5, 0.6) is 0 Å². The fraction of sp³-hybridized carbons (Fsp3) is 0.227. The first-order valence-electron chi connectivity index (χ1n) is 9.69. The van der Waals surface area contributed by atoms with Crippen molar-refractivity contribution in [3.63, 3.8) is 0 Å².